The zero-order chi connectivity index (χ0) is 21.5. The summed E-state index contributed by atoms with van der Waals surface area (Å²) >= 11 is 7.10. The van der Waals surface area contributed by atoms with Crippen molar-refractivity contribution in [2.24, 2.45) is 5.92 Å². The van der Waals surface area contributed by atoms with Crippen molar-refractivity contribution in [2.75, 3.05) is 12.0 Å². The van der Waals surface area contributed by atoms with Gasteiger partial charge in [-0.3, -0.25) is 4.79 Å². The van der Waals surface area contributed by atoms with Crippen LogP contribution in [0, 0.1) is 5.92 Å². The maximum absolute atomic E-state index is 13.6. The third-order valence-electron chi connectivity index (χ3n) is 6.08. The Bertz CT molecular complexity index is 1100. The van der Waals surface area contributed by atoms with Gasteiger partial charge in [0.15, 0.2) is 0 Å². The van der Waals surface area contributed by atoms with Gasteiger partial charge >= 0.3 is 0 Å². The van der Waals surface area contributed by atoms with E-state index in [4.69, 9.17) is 4.74 Å². The number of nitrogens with zero attached hydrogens (tertiary/aromatic N) is 1. The van der Waals surface area contributed by atoms with E-state index in [0.717, 1.165) is 31.5 Å². The number of carbonyl (C=O) groups excluding carboxylic acids is 1. The lowest BCUT2D eigenvalue weighted by atomic mass is 9.83. The van der Waals surface area contributed by atoms with E-state index in [-0.39, 0.29) is 30.0 Å². The number of ether oxygens (including phenoxy) is 1. The van der Waals surface area contributed by atoms with Crippen LogP contribution < -0.4 is 20.5 Å². The highest BCUT2D eigenvalue weighted by Gasteiger charge is 2.55. The van der Waals surface area contributed by atoms with Gasteiger partial charge in [0.2, 0.25) is 5.91 Å². The van der Waals surface area contributed by atoms with Crippen LogP contribution >= 0.6 is 31.9 Å². The molecule has 1 amide bonds. The van der Waals surface area contributed by atoms with E-state index in [1.54, 1.807) is 7.11 Å². The third-order valence-corrected chi connectivity index (χ3v) is 7.10. The molecular weight excluding hydrogens is 522 g/mol. The van der Waals surface area contributed by atoms with Crippen molar-refractivity contribution < 1.29 is 9.53 Å². The van der Waals surface area contributed by atoms with Crippen LogP contribution in [0.3, 0.4) is 0 Å². The second-order valence-electron chi connectivity index (χ2n) is 7.78. The van der Waals surface area contributed by atoms with E-state index in [1.165, 1.54) is 0 Å². The lowest BCUT2D eigenvalue weighted by molar-refractivity contribution is -0.119. The molecule has 0 aromatic heterocycles. The monoisotopic (exact) mass is 541 g/mol. The van der Waals surface area contributed by atoms with Crippen molar-refractivity contribution >= 4 is 43.5 Å². The van der Waals surface area contributed by atoms with Crippen molar-refractivity contribution in [1.82, 2.24) is 10.9 Å². The summed E-state index contributed by atoms with van der Waals surface area (Å²) in [6.45, 7) is 0. The highest BCUT2D eigenvalue weighted by molar-refractivity contribution is 9.10. The zero-order valence-electron chi connectivity index (χ0n) is 16.8. The van der Waals surface area contributed by atoms with Crippen LogP contribution in [0.15, 0.2) is 81.7 Å². The summed E-state index contributed by atoms with van der Waals surface area (Å²) in [5.41, 5.74) is 9.77. The minimum atomic E-state index is -0.320. The Balaban J connectivity index is 1.61. The minimum absolute atomic E-state index is 0.0128. The number of fused-ring (bicyclic) bond motifs is 1. The predicted molar refractivity (Wildman–Crippen MR) is 128 cm³/mol. The number of hydrogen-bond donors (Lipinski definition) is 2. The van der Waals surface area contributed by atoms with Gasteiger partial charge in [0.25, 0.3) is 0 Å². The molecule has 3 aromatic rings. The molecule has 2 saturated heterocycles. The zero-order valence-corrected chi connectivity index (χ0v) is 19.9. The highest BCUT2D eigenvalue weighted by atomic mass is 79.9. The van der Waals surface area contributed by atoms with Crippen molar-refractivity contribution in [1.29, 1.82) is 0 Å². The maximum Gasteiger partial charge on any atom is 0.246 e. The average Bonchev–Trinajstić information content (AvgIpc) is 3.33. The molecule has 4 unspecified atom stereocenters. The quantitative estimate of drug-likeness (QED) is 0.479. The number of hydrazine groups is 1. The van der Waals surface area contributed by atoms with Gasteiger partial charge in [-0.25, -0.2) is 10.9 Å². The van der Waals surface area contributed by atoms with Crippen LogP contribution in [-0.2, 0) is 4.79 Å². The fourth-order valence-corrected chi connectivity index (χ4v) is 5.36. The average molecular weight is 543 g/mol. The summed E-state index contributed by atoms with van der Waals surface area (Å²) < 4.78 is 7.30. The molecule has 7 heteroatoms. The summed E-state index contributed by atoms with van der Waals surface area (Å²) in [6.07, 6.45) is 0. The first-order valence-corrected chi connectivity index (χ1v) is 11.6. The smallest absolute Gasteiger partial charge is 0.246 e. The van der Waals surface area contributed by atoms with Crippen molar-refractivity contribution in [3.05, 3.63) is 92.9 Å². The minimum Gasteiger partial charge on any atom is -0.497 e. The SMILES string of the molecule is COc1ccc(C2NNC3C(=O)N(c4ccc(Br)cc4)C(c4cccc(Br)c4)C32)cc1. The van der Waals surface area contributed by atoms with Gasteiger partial charge < -0.3 is 9.64 Å². The van der Waals surface area contributed by atoms with Crippen molar-refractivity contribution in [3.63, 3.8) is 0 Å². The predicted octanol–water partition coefficient (Wildman–Crippen LogP) is 5.14. The molecule has 2 N–H and O–H groups in total. The Kier molecular flexibility index (Phi) is 5.60. The van der Waals surface area contributed by atoms with E-state index in [1.807, 2.05) is 53.4 Å². The maximum atomic E-state index is 13.6. The summed E-state index contributed by atoms with van der Waals surface area (Å²) in [5, 5.41) is 0. The first-order chi connectivity index (χ1) is 15.1. The van der Waals surface area contributed by atoms with Gasteiger partial charge in [-0.1, -0.05) is 56.1 Å². The second kappa shape index (κ2) is 8.39. The number of carbonyl (C=O) groups is 1. The van der Waals surface area contributed by atoms with E-state index in [0.29, 0.717) is 0 Å². The molecule has 4 atom stereocenters. The summed E-state index contributed by atoms with van der Waals surface area (Å²) in [6, 6.07) is 23.7. The van der Waals surface area contributed by atoms with Crippen LogP contribution in [0.25, 0.3) is 0 Å². The summed E-state index contributed by atoms with van der Waals surface area (Å²) in [5.74, 6) is 0.897. The molecule has 3 aromatic carbocycles. The number of hydrogen-bond acceptors (Lipinski definition) is 4. The molecule has 0 bridgehead atoms. The Morgan fingerprint density at radius 3 is 2.23 bits per heavy atom. The van der Waals surface area contributed by atoms with Crippen LogP contribution in [-0.4, -0.2) is 19.1 Å². The number of amides is 1. The molecule has 0 spiro atoms. The molecule has 31 heavy (non-hydrogen) atoms. The molecule has 158 valence electrons. The summed E-state index contributed by atoms with van der Waals surface area (Å²) in [7, 11) is 1.66. The molecule has 0 saturated carbocycles. The van der Waals surface area contributed by atoms with Crippen molar-refractivity contribution in [3.8, 4) is 5.75 Å². The van der Waals surface area contributed by atoms with Crippen LogP contribution in [0.4, 0.5) is 5.69 Å². The molecule has 2 aliphatic heterocycles. The van der Waals surface area contributed by atoms with Crippen molar-refractivity contribution in [2.45, 2.75) is 18.1 Å². The first kappa shape index (κ1) is 20.7. The number of methoxy groups -OCH3 is 1. The van der Waals surface area contributed by atoms with E-state index < -0.39 is 0 Å². The van der Waals surface area contributed by atoms with Crippen LogP contribution in [0.1, 0.15) is 23.2 Å². The van der Waals surface area contributed by atoms with Gasteiger partial charge in [-0.05, 0) is 59.7 Å². The second-order valence-corrected chi connectivity index (χ2v) is 9.61. The Hall–Kier alpha value is -2.19. The van der Waals surface area contributed by atoms with E-state index >= 15 is 0 Å². The van der Waals surface area contributed by atoms with E-state index in [9.17, 15) is 4.79 Å². The molecule has 2 heterocycles. The summed E-state index contributed by atoms with van der Waals surface area (Å²) in [4.78, 5) is 15.5. The number of benzene rings is 3. The molecule has 2 aliphatic rings. The topological polar surface area (TPSA) is 53.6 Å². The molecular formula is C24H21Br2N3O2. The van der Waals surface area contributed by atoms with Gasteiger partial charge in [-0.2, -0.15) is 0 Å². The Labute approximate surface area is 198 Å². The fourth-order valence-electron chi connectivity index (χ4n) is 4.68. The Morgan fingerprint density at radius 1 is 0.839 bits per heavy atom. The largest absolute Gasteiger partial charge is 0.497 e. The van der Waals surface area contributed by atoms with Crippen LogP contribution in [0.5, 0.6) is 5.75 Å². The number of halogens is 2. The van der Waals surface area contributed by atoms with Gasteiger partial charge in [0.1, 0.15) is 11.8 Å². The molecule has 5 rings (SSSR count). The van der Waals surface area contributed by atoms with Gasteiger partial charge in [0, 0.05) is 20.6 Å². The number of nitrogens with one attached hydrogen (secondary N) is 2. The highest BCUT2D eigenvalue weighted by Crippen LogP contribution is 2.49. The van der Waals surface area contributed by atoms with Gasteiger partial charge in [-0.15, -0.1) is 0 Å². The molecule has 0 aliphatic carbocycles. The van der Waals surface area contributed by atoms with E-state index in [2.05, 4.69) is 67.0 Å². The lowest BCUT2D eigenvalue weighted by Gasteiger charge is -2.31. The fraction of sp³-hybridized carbons (Fsp3) is 0.208. The van der Waals surface area contributed by atoms with Crippen LogP contribution in [0.2, 0.25) is 0 Å². The lowest BCUT2D eigenvalue weighted by Crippen LogP contribution is -2.41. The Morgan fingerprint density at radius 2 is 1.55 bits per heavy atom. The number of rotatable bonds is 4. The van der Waals surface area contributed by atoms with Gasteiger partial charge in [0.05, 0.1) is 19.2 Å². The standard InChI is InChI=1S/C24H21Br2N3O2/c1-31-19-11-5-14(6-12-19)21-20-22(28-27-21)24(30)29(18-9-7-16(25)8-10-18)23(20)15-3-2-4-17(26)13-15/h2-13,20-23,27-28H,1H3. The molecule has 2 fully saturated rings. The normalized spacial score (nSPS) is 25.0. The number of anilines is 1. The molecule has 0 radical (unpaired) electrons. The third kappa shape index (κ3) is 3.69. The first-order valence-electron chi connectivity index (χ1n) is 10.1. The molecule has 5 nitrogen and oxygen atoms in total.